The molecule has 29 heavy (non-hydrogen) atoms. The van der Waals surface area contributed by atoms with Gasteiger partial charge in [0.25, 0.3) is 0 Å². The van der Waals surface area contributed by atoms with E-state index in [0.29, 0.717) is 22.6 Å². The van der Waals surface area contributed by atoms with Gasteiger partial charge in [-0.2, -0.15) is 0 Å². The van der Waals surface area contributed by atoms with Gasteiger partial charge in [-0.15, -0.1) is 0 Å². The lowest BCUT2D eigenvalue weighted by atomic mass is 10.1. The number of thioether (sulfide) groups is 1. The molecule has 4 rings (SSSR count). The summed E-state index contributed by atoms with van der Waals surface area (Å²) >= 11 is 1.70. The van der Waals surface area contributed by atoms with Gasteiger partial charge in [0.15, 0.2) is 11.0 Å². The molecule has 3 aromatic rings. The first-order chi connectivity index (χ1) is 14.2. The molecule has 1 aromatic heterocycles. The summed E-state index contributed by atoms with van der Waals surface area (Å²) in [5.74, 6) is 1.50. The number of nitrogens with one attached hydrogen (secondary N) is 1. The van der Waals surface area contributed by atoms with Crippen LogP contribution in [0.5, 0.6) is 0 Å². The molecule has 0 saturated heterocycles. The van der Waals surface area contributed by atoms with Crippen molar-refractivity contribution >= 4 is 34.5 Å². The van der Waals surface area contributed by atoms with Crippen molar-refractivity contribution in [1.82, 2.24) is 0 Å². The molecule has 2 aromatic carbocycles. The summed E-state index contributed by atoms with van der Waals surface area (Å²) in [6.07, 6.45) is 4.15. The zero-order chi connectivity index (χ0) is 20.1. The second kappa shape index (κ2) is 8.92. The van der Waals surface area contributed by atoms with E-state index in [1.165, 1.54) is 12.1 Å². The Labute approximate surface area is 172 Å². The summed E-state index contributed by atoms with van der Waals surface area (Å²) in [6.45, 7) is 0.849. The Morgan fingerprint density at radius 1 is 1.10 bits per heavy atom. The van der Waals surface area contributed by atoms with Crippen molar-refractivity contribution in [3.05, 3.63) is 83.9 Å². The fourth-order valence-electron chi connectivity index (χ4n) is 2.88. The molecule has 0 aliphatic carbocycles. The molecule has 0 unspecified atom stereocenters. The van der Waals surface area contributed by atoms with Crippen LogP contribution in [0.3, 0.4) is 0 Å². The number of carbonyl (C=O) groups excluding carboxylic acids is 1. The molecule has 1 N–H and O–H groups in total. The van der Waals surface area contributed by atoms with Crippen LogP contribution in [-0.4, -0.2) is 23.2 Å². The van der Waals surface area contributed by atoms with Crippen molar-refractivity contribution in [3.63, 3.8) is 0 Å². The van der Waals surface area contributed by atoms with E-state index in [4.69, 9.17) is 4.42 Å². The highest BCUT2D eigenvalue weighted by atomic mass is 32.2. The van der Waals surface area contributed by atoms with Crippen molar-refractivity contribution in [3.8, 4) is 11.3 Å². The van der Waals surface area contributed by atoms with Gasteiger partial charge in [0, 0.05) is 23.5 Å². The molecule has 6 heteroatoms. The van der Waals surface area contributed by atoms with E-state index in [1.807, 2.05) is 12.1 Å². The molecule has 1 aliphatic heterocycles. The maximum Gasteiger partial charge on any atom is 0.185 e. The van der Waals surface area contributed by atoms with E-state index < -0.39 is 0 Å². The van der Waals surface area contributed by atoms with E-state index in [0.717, 1.165) is 29.6 Å². The van der Waals surface area contributed by atoms with Gasteiger partial charge in [-0.05, 0) is 67.1 Å². The molecular weight excluding hydrogens is 387 g/mol. The first kappa shape index (κ1) is 19.2. The SMILES string of the molecule is O=C(/C=C/c1ccc(-c2ccccc2F)o1)c1ccc(NC2=NCCCS2)cc1. The lowest BCUT2D eigenvalue weighted by molar-refractivity contribution is 0.104. The molecule has 0 fully saturated rings. The number of anilines is 1. The maximum absolute atomic E-state index is 13.9. The van der Waals surface area contributed by atoms with Crippen molar-refractivity contribution in [2.45, 2.75) is 6.42 Å². The summed E-state index contributed by atoms with van der Waals surface area (Å²) in [6, 6.07) is 17.1. The Balaban J connectivity index is 1.41. The normalized spacial score (nSPS) is 14.0. The van der Waals surface area contributed by atoms with Crippen molar-refractivity contribution in [1.29, 1.82) is 0 Å². The average Bonchev–Trinajstić information content (AvgIpc) is 3.22. The van der Waals surface area contributed by atoms with Gasteiger partial charge in [0.1, 0.15) is 17.3 Å². The quantitative estimate of drug-likeness (QED) is 0.424. The van der Waals surface area contributed by atoms with Crippen LogP contribution in [-0.2, 0) is 0 Å². The summed E-state index contributed by atoms with van der Waals surface area (Å²) in [4.78, 5) is 16.8. The second-order valence-electron chi connectivity index (χ2n) is 6.47. The third-order valence-electron chi connectivity index (χ3n) is 4.38. The summed E-state index contributed by atoms with van der Waals surface area (Å²) in [5, 5.41) is 4.18. The van der Waals surface area contributed by atoms with Crippen LogP contribution in [0, 0.1) is 5.82 Å². The number of amidine groups is 1. The van der Waals surface area contributed by atoms with Crippen LogP contribution < -0.4 is 5.32 Å². The number of hydrogen-bond donors (Lipinski definition) is 1. The smallest absolute Gasteiger partial charge is 0.185 e. The number of allylic oxidation sites excluding steroid dienone is 1. The lowest BCUT2D eigenvalue weighted by Crippen LogP contribution is -2.13. The Kier molecular flexibility index (Phi) is 5.91. The monoisotopic (exact) mass is 406 g/mol. The number of furan rings is 1. The van der Waals surface area contributed by atoms with E-state index in [1.54, 1.807) is 60.3 Å². The molecule has 4 nitrogen and oxygen atoms in total. The van der Waals surface area contributed by atoms with Crippen LogP contribution in [0.25, 0.3) is 17.4 Å². The van der Waals surface area contributed by atoms with Gasteiger partial charge < -0.3 is 9.73 Å². The number of rotatable bonds is 5. The Morgan fingerprint density at radius 2 is 1.93 bits per heavy atom. The largest absolute Gasteiger partial charge is 0.457 e. The zero-order valence-electron chi connectivity index (χ0n) is 15.6. The summed E-state index contributed by atoms with van der Waals surface area (Å²) in [5.41, 5.74) is 1.87. The first-order valence-corrected chi connectivity index (χ1v) is 10.3. The number of halogens is 1. The van der Waals surface area contributed by atoms with Crippen LogP contribution in [0.4, 0.5) is 10.1 Å². The number of hydrogen-bond acceptors (Lipinski definition) is 5. The molecule has 0 radical (unpaired) electrons. The second-order valence-corrected chi connectivity index (χ2v) is 7.55. The predicted molar refractivity (Wildman–Crippen MR) is 117 cm³/mol. The highest BCUT2D eigenvalue weighted by Crippen LogP contribution is 2.25. The fourth-order valence-corrected chi connectivity index (χ4v) is 3.72. The lowest BCUT2D eigenvalue weighted by Gasteiger charge is -2.13. The van der Waals surface area contributed by atoms with E-state index in [2.05, 4.69) is 10.3 Å². The van der Waals surface area contributed by atoms with Gasteiger partial charge in [-0.1, -0.05) is 23.9 Å². The number of carbonyl (C=O) groups is 1. The molecule has 0 spiro atoms. The Hall–Kier alpha value is -3.12. The number of aliphatic imine (C=N–C) groups is 1. The molecule has 0 saturated carbocycles. The van der Waals surface area contributed by atoms with E-state index in [-0.39, 0.29) is 11.6 Å². The molecule has 0 bridgehead atoms. The zero-order valence-corrected chi connectivity index (χ0v) is 16.4. The van der Waals surface area contributed by atoms with Crippen LogP contribution in [0.2, 0.25) is 0 Å². The summed E-state index contributed by atoms with van der Waals surface area (Å²) in [7, 11) is 0. The van der Waals surface area contributed by atoms with Gasteiger partial charge in [-0.25, -0.2) is 4.39 Å². The van der Waals surface area contributed by atoms with Crippen molar-refractivity contribution < 1.29 is 13.6 Å². The van der Waals surface area contributed by atoms with E-state index >= 15 is 0 Å². The Bertz CT molecular complexity index is 1070. The minimum atomic E-state index is -0.347. The topological polar surface area (TPSA) is 54.6 Å². The Morgan fingerprint density at radius 3 is 2.69 bits per heavy atom. The third kappa shape index (κ3) is 4.84. The number of ketones is 1. The third-order valence-corrected chi connectivity index (χ3v) is 5.38. The highest BCUT2D eigenvalue weighted by Gasteiger charge is 2.09. The molecule has 0 amide bonds. The number of nitrogens with zero attached hydrogens (tertiary/aromatic N) is 1. The molecule has 2 heterocycles. The molecule has 1 aliphatic rings. The minimum absolute atomic E-state index is 0.134. The van der Waals surface area contributed by atoms with Crippen LogP contribution >= 0.6 is 11.8 Å². The van der Waals surface area contributed by atoms with E-state index in [9.17, 15) is 9.18 Å². The van der Waals surface area contributed by atoms with Crippen LogP contribution in [0.15, 0.2) is 76.1 Å². The van der Waals surface area contributed by atoms with Crippen molar-refractivity contribution in [2.75, 3.05) is 17.6 Å². The first-order valence-electron chi connectivity index (χ1n) is 9.30. The van der Waals surface area contributed by atoms with Gasteiger partial charge in [0.2, 0.25) is 0 Å². The van der Waals surface area contributed by atoms with Crippen LogP contribution in [0.1, 0.15) is 22.5 Å². The predicted octanol–water partition coefficient (Wildman–Crippen LogP) is 5.89. The standard InChI is InChI=1S/C23H19FN2O2S/c24-20-5-2-1-4-19(20)22-13-11-18(28-22)10-12-21(27)16-6-8-17(9-7-16)26-23-25-14-3-15-29-23/h1-2,4-13H,3,14-15H2,(H,25,26)/b12-10+. The van der Waals surface area contributed by atoms with Crippen molar-refractivity contribution in [2.24, 2.45) is 4.99 Å². The van der Waals surface area contributed by atoms with Gasteiger partial charge in [0.05, 0.1) is 5.56 Å². The van der Waals surface area contributed by atoms with Gasteiger partial charge in [-0.3, -0.25) is 9.79 Å². The minimum Gasteiger partial charge on any atom is -0.457 e. The maximum atomic E-state index is 13.9. The highest BCUT2D eigenvalue weighted by molar-refractivity contribution is 8.14. The fraction of sp³-hybridized carbons (Fsp3) is 0.130. The van der Waals surface area contributed by atoms with Gasteiger partial charge >= 0.3 is 0 Å². The average molecular weight is 406 g/mol. The molecular formula is C23H19FN2O2S. The molecule has 146 valence electrons. The summed E-state index contributed by atoms with van der Waals surface area (Å²) < 4.78 is 19.5. The molecule has 0 atom stereocenters. The number of benzene rings is 2.